The van der Waals surface area contributed by atoms with Gasteiger partial charge in [-0.05, 0) is 48.6 Å². The molecule has 2 heterocycles. The number of aromatic nitrogens is 4. The molecule has 9 nitrogen and oxygen atoms in total. The maximum Gasteiger partial charge on any atom is 0.387 e. The lowest BCUT2D eigenvalue weighted by molar-refractivity contribution is -0.0502. The second-order valence-electron chi connectivity index (χ2n) is 8.69. The summed E-state index contributed by atoms with van der Waals surface area (Å²) >= 11 is 0. The van der Waals surface area contributed by atoms with E-state index in [0.717, 1.165) is 17.7 Å². The normalized spacial score (nSPS) is 13.2. The van der Waals surface area contributed by atoms with Gasteiger partial charge in [0, 0.05) is 36.3 Å². The average molecular weight is 492 g/mol. The zero-order chi connectivity index (χ0) is 25.6. The number of ether oxygens (including phenoxy) is 2. The molecular weight excluding hydrogens is 470 g/mol. The Hall–Kier alpha value is -4.46. The number of primary amides is 1. The Morgan fingerprint density at radius 2 is 1.97 bits per heavy atom. The molecular formula is C25H22F2N6O3. The van der Waals surface area contributed by atoms with E-state index in [4.69, 9.17) is 10.5 Å². The molecule has 11 heteroatoms. The largest absolute Gasteiger partial charge is 0.496 e. The standard InChI is InChI=1S/C25H22F2N6O3/c1-32-23(15-7-19(35-2)22(24(29)34)20(8-15)36-25(26)27)21-16(9-28)5-14(6-18(21)31-32)17-10-30-33(12-17)11-13-3-4-13/h5-8,10,12-13,25H,3-4,11H2,1-2H3,(H2,29,34). The van der Waals surface area contributed by atoms with Gasteiger partial charge in [0.15, 0.2) is 0 Å². The minimum atomic E-state index is -3.19. The van der Waals surface area contributed by atoms with Crippen molar-refractivity contribution >= 4 is 16.8 Å². The van der Waals surface area contributed by atoms with Gasteiger partial charge in [-0.2, -0.15) is 24.2 Å². The molecule has 2 N–H and O–H groups in total. The molecule has 5 rings (SSSR count). The van der Waals surface area contributed by atoms with Gasteiger partial charge in [-0.3, -0.25) is 14.2 Å². The zero-order valence-electron chi connectivity index (χ0n) is 19.5. The number of benzene rings is 2. The van der Waals surface area contributed by atoms with Crippen LogP contribution in [0.3, 0.4) is 0 Å². The van der Waals surface area contributed by atoms with E-state index in [1.54, 1.807) is 19.3 Å². The third-order valence-electron chi connectivity index (χ3n) is 6.19. The van der Waals surface area contributed by atoms with E-state index in [1.807, 2.05) is 16.9 Å². The van der Waals surface area contributed by atoms with Crippen molar-refractivity contribution in [3.05, 3.63) is 47.8 Å². The molecule has 36 heavy (non-hydrogen) atoms. The second kappa shape index (κ2) is 8.96. The molecule has 0 unspecified atom stereocenters. The first-order valence-corrected chi connectivity index (χ1v) is 11.2. The molecule has 0 spiro atoms. The predicted octanol–water partition coefficient (Wildman–Crippen LogP) is 4.09. The number of carbonyl (C=O) groups excluding carboxylic acids is 1. The van der Waals surface area contributed by atoms with Gasteiger partial charge in [0.25, 0.3) is 5.91 Å². The van der Waals surface area contributed by atoms with E-state index >= 15 is 0 Å². The monoisotopic (exact) mass is 492 g/mol. The Bertz CT molecular complexity index is 1530. The third-order valence-corrected chi connectivity index (χ3v) is 6.19. The molecule has 0 atom stereocenters. The van der Waals surface area contributed by atoms with E-state index in [0.29, 0.717) is 33.6 Å². The molecule has 0 bridgehead atoms. The minimum absolute atomic E-state index is 0.0387. The summed E-state index contributed by atoms with van der Waals surface area (Å²) < 4.78 is 39.5. The number of alkyl halides is 2. The first kappa shape index (κ1) is 23.3. The van der Waals surface area contributed by atoms with Gasteiger partial charge in [0.05, 0.1) is 36.1 Å². The molecule has 2 aromatic carbocycles. The molecule has 2 aromatic heterocycles. The summed E-state index contributed by atoms with van der Waals surface area (Å²) in [6.45, 7) is -2.32. The fourth-order valence-electron chi connectivity index (χ4n) is 4.41. The van der Waals surface area contributed by atoms with Gasteiger partial charge >= 0.3 is 6.61 Å². The Morgan fingerprint density at radius 1 is 1.22 bits per heavy atom. The van der Waals surface area contributed by atoms with Crippen molar-refractivity contribution in [2.75, 3.05) is 7.11 Å². The lowest BCUT2D eigenvalue weighted by atomic mass is 9.98. The van der Waals surface area contributed by atoms with Crippen LogP contribution in [0.1, 0.15) is 28.8 Å². The maximum atomic E-state index is 13.1. The summed E-state index contributed by atoms with van der Waals surface area (Å²) in [5, 5.41) is 19.5. The maximum absolute atomic E-state index is 13.1. The molecule has 0 saturated heterocycles. The molecule has 0 radical (unpaired) electrons. The number of amides is 1. The van der Waals surface area contributed by atoms with Crippen LogP contribution in [-0.2, 0) is 13.6 Å². The van der Waals surface area contributed by atoms with E-state index in [9.17, 15) is 18.8 Å². The molecule has 4 aromatic rings. The quantitative estimate of drug-likeness (QED) is 0.395. The van der Waals surface area contributed by atoms with Crippen molar-refractivity contribution < 1.29 is 23.0 Å². The molecule has 1 saturated carbocycles. The number of nitriles is 1. The molecule has 1 aliphatic rings. The SMILES string of the molecule is COc1cc(-c2c3c(C#N)cc(-c4cnn(CC5CC5)c4)cc3nn2C)cc(OC(F)F)c1C(N)=O. The topological polar surface area (TPSA) is 121 Å². The summed E-state index contributed by atoms with van der Waals surface area (Å²) in [7, 11) is 2.96. The van der Waals surface area contributed by atoms with Crippen molar-refractivity contribution in [1.82, 2.24) is 19.6 Å². The number of hydrogen-bond donors (Lipinski definition) is 1. The molecule has 1 fully saturated rings. The van der Waals surface area contributed by atoms with Gasteiger partial charge in [-0.25, -0.2) is 0 Å². The van der Waals surface area contributed by atoms with Crippen LogP contribution < -0.4 is 15.2 Å². The number of nitrogens with two attached hydrogens (primary N) is 1. The first-order valence-electron chi connectivity index (χ1n) is 11.2. The van der Waals surface area contributed by atoms with Crippen LogP contribution in [0.5, 0.6) is 11.5 Å². The predicted molar refractivity (Wildman–Crippen MR) is 127 cm³/mol. The van der Waals surface area contributed by atoms with Crippen LogP contribution in [0.15, 0.2) is 36.7 Å². The highest BCUT2D eigenvalue weighted by atomic mass is 19.3. The van der Waals surface area contributed by atoms with E-state index in [2.05, 4.69) is 21.0 Å². The summed E-state index contributed by atoms with van der Waals surface area (Å²) in [6, 6.07) is 8.56. The number of fused-ring (bicyclic) bond motifs is 1. The number of aryl methyl sites for hydroxylation is 1. The van der Waals surface area contributed by atoms with Crippen LogP contribution in [0.25, 0.3) is 33.3 Å². The fourth-order valence-corrected chi connectivity index (χ4v) is 4.41. The summed E-state index contributed by atoms with van der Waals surface area (Å²) in [5.41, 5.74) is 8.44. The van der Waals surface area contributed by atoms with E-state index in [-0.39, 0.29) is 11.3 Å². The first-order chi connectivity index (χ1) is 17.3. The highest BCUT2D eigenvalue weighted by Crippen LogP contribution is 2.40. The highest BCUT2D eigenvalue weighted by Gasteiger charge is 2.25. The number of hydrogen-bond acceptors (Lipinski definition) is 6. The average Bonchev–Trinajstić information content (AvgIpc) is 3.40. The van der Waals surface area contributed by atoms with Crippen molar-refractivity contribution in [2.45, 2.75) is 26.0 Å². The molecule has 184 valence electrons. The Labute approximate surface area is 204 Å². The number of carbonyl (C=O) groups is 1. The van der Waals surface area contributed by atoms with Crippen LogP contribution >= 0.6 is 0 Å². The second-order valence-corrected chi connectivity index (χ2v) is 8.69. The van der Waals surface area contributed by atoms with Gasteiger partial charge < -0.3 is 15.2 Å². The Morgan fingerprint density at radius 3 is 2.61 bits per heavy atom. The summed E-state index contributed by atoms with van der Waals surface area (Å²) in [6.07, 6.45) is 6.14. The van der Waals surface area contributed by atoms with Crippen LogP contribution in [0, 0.1) is 17.2 Å². The van der Waals surface area contributed by atoms with Gasteiger partial charge in [0.1, 0.15) is 17.1 Å². The van der Waals surface area contributed by atoms with Gasteiger partial charge in [-0.15, -0.1) is 0 Å². The van der Waals surface area contributed by atoms with Gasteiger partial charge in [-0.1, -0.05) is 0 Å². The number of nitrogens with zero attached hydrogens (tertiary/aromatic N) is 5. The summed E-state index contributed by atoms with van der Waals surface area (Å²) in [4.78, 5) is 11.9. The zero-order valence-corrected chi connectivity index (χ0v) is 19.5. The molecule has 1 aliphatic carbocycles. The third kappa shape index (κ3) is 4.22. The lowest BCUT2D eigenvalue weighted by Crippen LogP contribution is -2.16. The van der Waals surface area contributed by atoms with E-state index < -0.39 is 18.3 Å². The fraction of sp³-hybridized carbons (Fsp3) is 0.280. The van der Waals surface area contributed by atoms with Crippen LogP contribution in [-0.4, -0.2) is 39.2 Å². The number of methoxy groups -OCH3 is 1. The molecule has 0 aliphatic heterocycles. The smallest absolute Gasteiger partial charge is 0.387 e. The van der Waals surface area contributed by atoms with Crippen molar-refractivity contribution in [3.63, 3.8) is 0 Å². The Kier molecular flexibility index (Phi) is 5.80. The van der Waals surface area contributed by atoms with Crippen molar-refractivity contribution in [1.29, 1.82) is 5.26 Å². The van der Waals surface area contributed by atoms with Crippen LogP contribution in [0.4, 0.5) is 8.78 Å². The van der Waals surface area contributed by atoms with E-state index in [1.165, 1.54) is 36.8 Å². The Balaban J connectivity index is 1.66. The van der Waals surface area contributed by atoms with Crippen LogP contribution in [0.2, 0.25) is 0 Å². The minimum Gasteiger partial charge on any atom is -0.496 e. The van der Waals surface area contributed by atoms with Crippen molar-refractivity contribution in [3.8, 4) is 40.0 Å². The van der Waals surface area contributed by atoms with Crippen molar-refractivity contribution in [2.24, 2.45) is 18.7 Å². The molecule has 1 amide bonds. The highest BCUT2D eigenvalue weighted by molar-refractivity contribution is 6.03. The number of halogens is 2. The lowest BCUT2D eigenvalue weighted by Gasteiger charge is -2.15. The summed E-state index contributed by atoms with van der Waals surface area (Å²) in [5.74, 6) is -0.777. The number of rotatable bonds is 8. The van der Waals surface area contributed by atoms with Gasteiger partial charge in [0.2, 0.25) is 0 Å².